The summed E-state index contributed by atoms with van der Waals surface area (Å²) >= 11 is 0. The Kier molecular flexibility index (Phi) is 3.83. The molecule has 1 aromatic rings. The minimum absolute atomic E-state index is 0.0530. The summed E-state index contributed by atoms with van der Waals surface area (Å²) in [5.41, 5.74) is 3.28. The molecule has 24 heavy (non-hydrogen) atoms. The minimum atomic E-state index is -0.222. The van der Waals surface area contributed by atoms with E-state index in [-0.39, 0.29) is 29.8 Å². The molecule has 5 nitrogen and oxygen atoms in total. The van der Waals surface area contributed by atoms with Crippen LogP contribution in [0.2, 0.25) is 0 Å². The lowest BCUT2D eigenvalue weighted by atomic mass is 10.1. The molecule has 0 spiro atoms. The maximum absolute atomic E-state index is 13.0. The molecule has 0 aliphatic carbocycles. The molecule has 2 bridgehead atoms. The molecule has 3 aliphatic heterocycles. The van der Waals surface area contributed by atoms with Gasteiger partial charge in [0.2, 0.25) is 11.8 Å². The Labute approximate surface area is 142 Å². The standard InChI is InChI=1S/C19H24N2O3/c1-12-3-4-15(7-13(12)2)20-9-14(8-18(20)22)19(23)21-16-5-6-17(21)11-24-10-16/h3-4,7,14,16-17H,5-6,8-11H2,1-2H3/t14-,16+,17+/m1/s1. The van der Waals surface area contributed by atoms with Gasteiger partial charge in [0.05, 0.1) is 31.2 Å². The molecule has 0 radical (unpaired) electrons. The first kappa shape index (κ1) is 15.6. The molecule has 3 atom stereocenters. The Hall–Kier alpha value is -1.88. The van der Waals surface area contributed by atoms with Crippen molar-refractivity contribution in [2.45, 2.75) is 45.2 Å². The van der Waals surface area contributed by atoms with Crippen LogP contribution >= 0.6 is 0 Å². The summed E-state index contributed by atoms with van der Waals surface area (Å²) in [6.07, 6.45) is 2.37. The van der Waals surface area contributed by atoms with Gasteiger partial charge in [-0.05, 0) is 49.9 Å². The summed E-state index contributed by atoms with van der Waals surface area (Å²) in [5.74, 6) is -0.0250. The highest BCUT2D eigenvalue weighted by Gasteiger charge is 2.45. The van der Waals surface area contributed by atoms with Gasteiger partial charge in [-0.25, -0.2) is 0 Å². The Morgan fingerprint density at radius 3 is 2.50 bits per heavy atom. The van der Waals surface area contributed by atoms with Gasteiger partial charge in [-0.15, -0.1) is 0 Å². The van der Waals surface area contributed by atoms with Gasteiger partial charge in [-0.3, -0.25) is 9.59 Å². The monoisotopic (exact) mass is 328 g/mol. The summed E-state index contributed by atoms with van der Waals surface area (Å²) < 4.78 is 5.56. The fourth-order valence-electron chi connectivity index (χ4n) is 4.22. The summed E-state index contributed by atoms with van der Waals surface area (Å²) in [6.45, 7) is 5.89. The molecule has 3 aliphatic rings. The number of hydrogen-bond donors (Lipinski definition) is 0. The molecular weight excluding hydrogens is 304 g/mol. The zero-order valence-corrected chi connectivity index (χ0v) is 14.3. The highest BCUT2D eigenvalue weighted by Crippen LogP contribution is 2.33. The molecule has 3 saturated heterocycles. The van der Waals surface area contributed by atoms with Crippen LogP contribution < -0.4 is 4.90 Å². The molecule has 0 aromatic heterocycles. The Bertz CT molecular complexity index is 671. The highest BCUT2D eigenvalue weighted by molar-refractivity contribution is 6.00. The van der Waals surface area contributed by atoms with Crippen molar-refractivity contribution in [3.05, 3.63) is 29.3 Å². The van der Waals surface area contributed by atoms with Crippen molar-refractivity contribution >= 4 is 17.5 Å². The molecule has 0 saturated carbocycles. The van der Waals surface area contributed by atoms with Crippen LogP contribution in [0, 0.1) is 19.8 Å². The molecule has 0 N–H and O–H groups in total. The average Bonchev–Trinajstić information content (AvgIpc) is 3.07. The molecule has 128 valence electrons. The van der Waals surface area contributed by atoms with Crippen molar-refractivity contribution in [2.75, 3.05) is 24.7 Å². The molecule has 1 aromatic carbocycles. The number of amides is 2. The van der Waals surface area contributed by atoms with Crippen molar-refractivity contribution in [3.63, 3.8) is 0 Å². The van der Waals surface area contributed by atoms with E-state index in [9.17, 15) is 9.59 Å². The summed E-state index contributed by atoms with van der Waals surface area (Å²) in [4.78, 5) is 29.3. The highest BCUT2D eigenvalue weighted by atomic mass is 16.5. The Morgan fingerprint density at radius 1 is 1.12 bits per heavy atom. The number of nitrogens with zero attached hydrogens (tertiary/aromatic N) is 2. The first-order chi connectivity index (χ1) is 11.5. The summed E-state index contributed by atoms with van der Waals surface area (Å²) in [7, 11) is 0. The van der Waals surface area contributed by atoms with Crippen LogP contribution in [0.3, 0.4) is 0 Å². The maximum atomic E-state index is 13.0. The van der Waals surface area contributed by atoms with Crippen LogP contribution in [0.1, 0.15) is 30.4 Å². The van der Waals surface area contributed by atoms with Gasteiger partial charge in [0.25, 0.3) is 0 Å². The predicted octanol–water partition coefficient (Wildman–Crippen LogP) is 2.05. The topological polar surface area (TPSA) is 49.9 Å². The van der Waals surface area contributed by atoms with Gasteiger partial charge >= 0.3 is 0 Å². The number of ether oxygens (including phenoxy) is 1. The Balaban J connectivity index is 1.51. The van der Waals surface area contributed by atoms with Crippen molar-refractivity contribution in [1.29, 1.82) is 0 Å². The third-order valence-corrected chi connectivity index (χ3v) is 5.77. The van der Waals surface area contributed by atoms with E-state index in [0.717, 1.165) is 18.5 Å². The zero-order chi connectivity index (χ0) is 16.8. The lowest BCUT2D eigenvalue weighted by Crippen LogP contribution is -2.51. The van der Waals surface area contributed by atoms with E-state index in [1.165, 1.54) is 11.1 Å². The van der Waals surface area contributed by atoms with Crippen LogP contribution in [-0.2, 0) is 14.3 Å². The van der Waals surface area contributed by atoms with Crippen molar-refractivity contribution in [2.24, 2.45) is 5.92 Å². The second-order valence-corrected chi connectivity index (χ2v) is 7.34. The third kappa shape index (κ3) is 2.51. The van der Waals surface area contributed by atoms with E-state index < -0.39 is 0 Å². The van der Waals surface area contributed by atoms with E-state index >= 15 is 0 Å². The number of carbonyl (C=O) groups excluding carboxylic acids is 2. The number of hydrogen-bond acceptors (Lipinski definition) is 3. The quantitative estimate of drug-likeness (QED) is 0.835. The van der Waals surface area contributed by atoms with Crippen LogP contribution in [0.15, 0.2) is 18.2 Å². The number of morpholine rings is 1. The first-order valence-corrected chi connectivity index (χ1v) is 8.82. The van der Waals surface area contributed by atoms with Crippen LogP contribution in [0.5, 0.6) is 0 Å². The molecule has 0 unspecified atom stereocenters. The van der Waals surface area contributed by atoms with E-state index in [1.54, 1.807) is 4.90 Å². The normalized spacial score (nSPS) is 29.4. The van der Waals surface area contributed by atoms with Crippen LogP contribution in [-0.4, -0.2) is 48.6 Å². The van der Waals surface area contributed by atoms with Crippen molar-refractivity contribution in [1.82, 2.24) is 4.90 Å². The summed E-state index contributed by atoms with van der Waals surface area (Å²) in [6, 6.07) is 6.48. The molecule has 3 fully saturated rings. The van der Waals surface area contributed by atoms with E-state index in [2.05, 4.69) is 6.92 Å². The van der Waals surface area contributed by atoms with Gasteiger partial charge in [0, 0.05) is 18.7 Å². The van der Waals surface area contributed by atoms with Gasteiger partial charge in [0.15, 0.2) is 0 Å². The SMILES string of the molecule is Cc1ccc(N2C[C@H](C(=O)N3[C@H]4CC[C@H]3COC4)CC2=O)cc1C. The van der Waals surface area contributed by atoms with Gasteiger partial charge in [-0.2, -0.15) is 0 Å². The predicted molar refractivity (Wildman–Crippen MR) is 90.9 cm³/mol. The van der Waals surface area contributed by atoms with Crippen molar-refractivity contribution in [3.8, 4) is 0 Å². The number of aryl methyl sites for hydroxylation is 2. The number of anilines is 1. The number of benzene rings is 1. The lowest BCUT2D eigenvalue weighted by Gasteiger charge is -2.36. The van der Waals surface area contributed by atoms with E-state index in [1.807, 2.05) is 30.0 Å². The van der Waals surface area contributed by atoms with Crippen LogP contribution in [0.4, 0.5) is 5.69 Å². The summed E-state index contributed by atoms with van der Waals surface area (Å²) in [5, 5.41) is 0. The zero-order valence-electron chi connectivity index (χ0n) is 14.3. The number of carbonyl (C=O) groups is 2. The lowest BCUT2D eigenvalue weighted by molar-refractivity contribution is -0.145. The molecular formula is C19H24N2O3. The fraction of sp³-hybridized carbons (Fsp3) is 0.579. The molecule has 2 amide bonds. The largest absolute Gasteiger partial charge is 0.377 e. The van der Waals surface area contributed by atoms with Crippen LogP contribution in [0.25, 0.3) is 0 Å². The van der Waals surface area contributed by atoms with E-state index in [4.69, 9.17) is 4.74 Å². The fourth-order valence-corrected chi connectivity index (χ4v) is 4.22. The number of rotatable bonds is 2. The second-order valence-electron chi connectivity index (χ2n) is 7.34. The maximum Gasteiger partial charge on any atom is 0.228 e. The molecule has 4 rings (SSSR count). The van der Waals surface area contributed by atoms with Crippen molar-refractivity contribution < 1.29 is 14.3 Å². The first-order valence-electron chi connectivity index (χ1n) is 8.82. The minimum Gasteiger partial charge on any atom is -0.377 e. The third-order valence-electron chi connectivity index (χ3n) is 5.77. The average molecular weight is 328 g/mol. The smallest absolute Gasteiger partial charge is 0.228 e. The van der Waals surface area contributed by atoms with E-state index in [0.29, 0.717) is 26.2 Å². The van der Waals surface area contributed by atoms with Gasteiger partial charge in [0.1, 0.15) is 0 Å². The Morgan fingerprint density at radius 2 is 1.83 bits per heavy atom. The number of fused-ring (bicyclic) bond motifs is 2. The van der Waals surface area contributed by atoms with Gasteiger partial charge in [-0.1, -0.05) is 6.07 Å². The molecule has 3 heterocycles. The van der Waals surface area contributed by atoms with Gasteiger partial charge < -0.3 is 14.5 Å². The second kappa shape index (κ2) is 5.88. The molecule has 5 heteroatoms.